The molecule has 0 atom stereocenters. The maximum absolute atomic E-state index is 12.5. The van der Waals surface area contributed by atoms with Crippen LogP contribution in [0.5, 0.6) is 5.75 Å². The molecule has 0 spiro atoms. The van der Waals surface area contributed by atoms with Crippen molar-refractivity contribution in [3.8, 4) is 5.75 Å². The van der Waals surface area contributed by atoms with Crippen LogP contribution in [0.4, 0.5) is 5.69 Å². The summed E-state index contributed by atoms with van der Waals surface area (Å²) in [6, 6.07) is 13.8. The zero-order chi connectivity index (χ0) is 18.9. The quantitative estimate of drug-likeness (QED) is 0.687. The van der Waals surface area contributed by atoms with E-state index in [2.05, 4.69) is 16.0 Å². The molecule has 26 heavy (non-hydrogen) atoms. The summed E-state index contributed by atoms with van der Waals surface area (Å²) >= 11 is 0. The van der Waals surface area contributed by atoms with Gasteiger partial charge in [0.25, 0.3) is 5.91 Å². The second kappa shape index (κ2) is 9.22. The fourth-order valence-corrected chi connectivity index (χ4v) is 2.27. The van der Waals surface area contributed by atoms with Gasteiger partial charge in [0.1, 0.15) is 5.75 Å². The van der Waals surface area contributed by atoms with Gasteiger partial charge in [0.05, 0.1) is 18.4 Å². The normalized spacial score (nSPS) is 9.92. The molecule has 3 N–H and O–H groups in total. The topological polar surface area (TPSA) is 96.5 Å². The van der Waals surface area contributed by atoms with Crippen LogP contribution in [0, 0.1) is 0 Å². The Balaban J connectivity index is 2.06. The van der Waals surface area contributed by atoms with E-state index >= 15 is 0 Å². The van der Waals surface area contributed by atoms with Crippen molar-refractivity contribution in [2.24, 2.45) is 0 Å². The molecule has 0 saturated heterocycles. The molecule has 136 valence electrons. The van der Waals surface area contributed by atoms with E-state index in [4.69, 9.17) is 4.74 Å². The Morgan fingerprint density at radius 3 is 2.46 bits per heavy atom. The standard InChI is InChI=1S/C19H21N3O4/c1-3-20-18(24)19(25)22-16-10-5-4-9-15(16)17(23)21-12-13-7-6-8-14(11-13)26-2/h4-11H,3,12H2,1-2H3,(H,20,24)(H,21,23)(H,22,25). The van der Waals surface area contributed by atoms with E-state index in [0.717, 1.165) is 5.56 Å². The van der Waals surface area contributed by atoms with Crippen molar-refractivity contribution in [2.45, 2.75) is 13.5 Å². The highest BCUT2D eigenvalue weighted by molar-refractivity contribution is 6.40. The Hall–Kier alpha value is -3.35. The second-order valence-electron chi connectivity index (χ2n) is 5.39. The number of nitrogens with one attached hydrogen (secondary N) is 3. The summed E-state index contributed by atoms with van der Waals surface area (Å²) in [5.41, 5.74) is 1.42. The van der Waals surface area contributed by atoms with E-state index < -0.39 is 11.8 Å². The van der Waals surface area contributed by atoms with Crippen LogP contribution >= 0.6 is 0 Å². The highest BCUT2D eigenvalue weighted by Crippen LogP contribution is 2.16. The molecule has 2 aromatic rings. The fraction of sp³-hybridized carbons (Fsp3) is 0.211. The van der Waals surface area contributed by atoms with Gasteiger partial charge in [-0.2, -0.15) is 0 Å². The van der Waals surface area contributed by atoms with Crippen molar-refractivity contribution in [1.29, 1.82) is 0 Å². The molecule has 2 rings (SSSR count). The Labute approximate surface area is 151 Å². The van der Waals surface area contributed by atoms with Crippen molar-refractivity contribution in [1.82, 2.24) is 10.6 Å². The van der Waals surface area contributed by atoms with E-state index in [0.29, 0.717) is 18.8 Å². The summed E-state index contributed by atoms with van der Waals surface area (Å²) in [6.07, 6.45) is 0. The predicted molar refractivity (Wildman–Crippen MR) is 97.9 cm³/mol. The van der Waals surface area contributed by atoms with Crippen LogP contribution in [0.1, 0.15) is 22.8 Å². The molecule has 0 aliphatic rings. The molecule has 7 nitrogen and oxygen atoms in total. The maximum atomic E-state index is 12.5. The van der Waals surface area contributed by atoms with E-state index in [1.807, 2.05) is 24.3 Å². The van der Waals surface area contributed by atoms with Gasteiger partial charge >= 0.3 is 11.8 Å². The van der Waals surface area contributed by atoms with E-state index in [1.54, 1.807) is 38.3 Å². The molecule has 0 aliphatic carbocycles. The monoisotopic (exact) mass is 355 g/mol. The molecule has 0 aliphatic heterocycles. The Kier molecular flexibility index (Phi) is 6.73. The first-order valence-corrected chi connectivity index (χ1v) is 8.14. The van der Waals surface area contributed by atoms with E-state index in [9.17, 15) is 14.4 Å². The lowest BCUT2D eigenvalue weighted by Crippen LogP contribution is -2.35. The Morgan fingerprint density at radius 2 is 1.73 bits per heavy atom. The average molecular weight is 355 g/mol. The van der Waals surface area contributed by atoms with Crippen LogP contribution in [0.15, 0.2) is 48.5 Å². The Morgan fingerprint density at radius 1 is 0.962 bits per heavy atom. The molecule has 0 unspecified atom stereocenters. The fourth-order valence-electron chi connectivity index (χ4n) is 2.27. The third-order valence-electron chi connectivity index (χ3n) is 3.55. The molecule has 0 aromatic heterocycles. The van der Waals surface area contributed by atoms with Crippen molar-refractivity contribution in [2.75, 3.05) is 19.0 Å². The first kappa shape index (κ1) is 19.0. The Bertz CT molecular complexity index is 805. The first-order valence-electron chi connectivity index (χ1n) is 8.14. The number of hydrogen-bond donors (Lipinski definition) is 3. The van der Waals surface area contributed by atoms with Crippen molar-refractivity contribution >= 4 is 23.4 Å². The number of ether oxygens (including phenoxy) is 1. The average Bonchev–Trinajstić information content (AvgIpc) is 2.66. The number of benzene rings is 2. The zero-order valence-electron chi connectivity index (χ0n) is 14.7. The number of methoxy groups -OCH3 is 1. The predicted octanol–water partition coefficient (Wildman–Crippen LogP) is 1.70. The minimum atomic E-state index is -0.820. The largest absolute Gasteiger partial charge is 0.497 e. The minimum absolute atomic E-state index is 0.270. The molecule has 0 bridgehead atoms. The summed E-state index contributed by atoms with van der Waals surface area (Å²) in [4.78, 5) is 35.9. The van der Waals surface area contributed by atoms with Crippen LogP contribution in [0.25, 0.3) is 0 Å². The first-order chi connectivity index (χ1) is 12.5. The summed E-state index contributed by atoms with van der Waals surface area (Å²) < 4.78 is 5.15. The number of amides is 3. The SMILES string of the molecule is CCNC(=O)C(=O)Nc1ccccc1C(=O)NCc1cccc(OC)c1. The molecule has 0 fully saturated rings. The highest BCUT2D eigenvalue weighted by atomic mass is 16.5. The van der Waals surface area contributed by atoms with Crippen LogP contribution in [0.2, 0.25) is 0 Å². The molecule has 0 radical (unpaired) electrons. The van der Waals surface area contributed by atoms with Crippen molar-refractivity contribution in [3.63, 3.8) is 0 Å². The molecule has 0 saturated carbocycles. The minimum Gasteiger partial charge on any atom is -0.497 e. The van der Waals surface area contributed by atoms with Crippen molar-refractivity contribution in [3.05, 3.63) is 59.7 Å². The third-order valence-corrected chi connectivity index (χ3v) is 3.55. The van der Waals surface area contributed by atoms with Gasteiger partial charge < -0.3 is 20.7 Å². The molecular formula is C19H21N3O4. The molecule has 7 heteroatoms. The molecule has 0 heterocycles. The van der Waals surface area contributed by atoms with Crippen molar-refractivity contribution < 1.29 is 19.1 Å². The number of rotatable bonds is 6. The smallest absolute Gasteiger partial charge is 0.313 e. The number of likely N-dealkylation sites (N-methyl/N-ethyl adjacent to an activating group) is 1. The molecular weight excluding hydrogens is 334 g/mol. The number of anilines is 1. The van der Waals surface area contributed by atoms with Crippen LogP contribution in [-0.2, 0) is 16.1 Å². The maximum Gasteiger partial charge on any atom is 0.313 e. The lowest BCUT2D eigenvalue weighted by Gasteiger charge is -2.11. The number of carbonyl (C=O) groups is 3. The third kappa shape index (κ3) is 5.07. The molecule has 3 amide bonds. The number of hydrogen-bond acceptors (Lipinski definition) is 4. The summed E-state index contributed by atoms with van der Waals surface area (Å²) in [6.45, 7) is 2.36. The number of para-hydroxylation sites is 1. The van der Waals surface area contributed by atoms with Gasteiger partial charge in [-0.1, -0.05) is 24.3 Å². The second-order valence-corrected chi connectivity index (χ2v) is 5.39. The van der Waals surface area contributed by atoms with Crippen LogP contribution < -0.4 is 20.7 Å². The molecule has 2 aromatic carbocycles. The van der Waals surface area contributed by atoms with Gasteiger partial charge in [0.15, 0.2) is 0 Å². The van der Waals surface area contributed by atoms with E-state index in [-0.39, 0.29) is 17.2 Å². The van der Waals surface area contributed by atoms with Gasteiger partial charge in [-0.3, -0.25) is 14.4 Å². The lowest BCUT2D eigenvalue weighted by atomic mass is 10.1. The van der Waals surface area contributed by atoms with Gasteiger partial charge in [-0.25, -0.2) is 0 Å². The van der Waals surface area contributed by atoms with E-state index in [1.165, 1.54) is 0 Å². The van der Waals surface area contributed by atoms with Gasteiger partial charge in [-0.05, 0) is 36.8 Å². The highest BCUT2D eigenvalue weighted by Gasteiger charge is 2.17. The van der Waals surface area contributed by atoms with Gasteiger partial charge in [0, 0.05) is 13.1 Å². The van der Waals surface area contributed by atoms with Crippen LogP contribution in [0.3, 0.4) is 0 Å². The van der Waals surface area contributed by atoms with Crippen LogP contribution in [-0.4, -0.2) is 31.4 Å². The lowest BCUT2D eigenvalue weighted by molar-refractivity contribution is -0.136. The van der Waals surface area contributed by atoms with Gasteiger partial charge in [-0.15, -0.1) is 0 Å². The summed E-state index contributed by atoms with van der Waals surface area (Å²) in [7, 11) is 1.57. The van der Waals surface area contributed by atoms with Gasteiger partial charge in [0.2, 0.25) is 0 Å². The number of carbonyl (C=O) groups excluding carboxylic acids is 3. The summed E-state index contributed by atoms with van der Waals surface area (Å²) in [5.74, 6) is -1.23. The zero-order valence-corrected chi connectivity index (χ0v) is 14.7. The summed E-state index contributed by atoms with van der Waals surface area (Å²) in [5, 5.41) is 7.66.